The molecule has 0 radical (unpaired) electrons. The lowest BCUT2D eigenvalue weighted by Crippen LogP contribution is -2.24. The van der Waals surface area contributed by atoms with Crippen LogP contribution in [-0.2, 0) is 10.0 Å². The third kappa shape index (κ3) is 5.26. The van der Waals surface area contributed by atoms with Crippen LogP contribution in [0.1, 0.15) is 13.8 Å². The Morgan fingerprint density at radius 1 is 1.10 bits per heavy atom. The molecule has 0 bridgehead atoms. The van der Waals surface area contributed by atoms with Gasteiger partial charge in [-0.25, -0.2) is 8.42 Å². The Morgan fingerprint density at radius 3 is 2.35 bits per heavy atom. The van der Waals surface area contributed by atoms with Gasteiger partial charge in [-0.2, -0.15) is 0 Å². The molecule has 114 valence electrons. The highest BCUT2D eigenvalue weighted by Gasteiger charge is 2.12. The lowest BCUT2D eigenvalue weighted by atomic mass is 10.3. The van der Waals surface area contributed by atoms with Gasteiger partial charge in [-0.3, -0.25) is 4.72 Å². The second-order valence-corrected chi connectivity index (χ2v) is 5.89. The first-order valence-corrected chi connectivity index (χ1v) is 8.22. The summed E-state index contributed by atoms with van der Waals surface area (Å²) in [7, 11) is -1.65. The Kier molecular flexibility index (Phi) is 6.60. The fourth-order valence-electron chi connectivity index (χ4n) is 1.58. The van der Waals surface area contributed by atoms with E-state index in [0.29, 0.717) is 36.9 Å². The average molecular weight is 302 g/mol. The van der Waals surface area contributed by atoms with Crippen molar-refractivity contribution in [2.45, 2.75) is 13.8 Å². The molecule has 7 heteroatoms. The van der Waals surface area contributed by atoms with Gasteiger partial charge in [0.2, 0.25) is 10.0 Å². The van der Waals surface area contributed by atoms with Crippen molar-refractivity contribution in [1.82, 2.24) is 5.32 Å². The van der Waals surface area contributed by atoms with E-state index in [1.165, 1.54) is 0 Å². The van der Waals surface area contributed by atoms with E-state index in [9.17, 15) is 8.42 Å². The maximum Gasteiger partial charge on any atom is 0.233 e. The van der Waals surface area contributed by atoms with Crippen LogP contribution in [0.25, 0.3) is 0 Å². The van der Waals surface area contributed by atoms with Crippen LogP contribution in [0.15, 0.2) is 18.2 Å². The molecule has 20 heavy (non-hydrogen) atoms. The Morgan fingerprint density at radius 2 is 1.75 bits per heavy atom. The van der Waals surface area contributed by atoms with Crippen molar-refractivity contribution < 1.29 is 17.9 Å². The highest BCUT2D eigenvalue weighted by atomic mass is 32.2. The van der Waals surface area contributed by atoms with Gasteiger partial charge in [0.25, 0.3) is 0 Å². The summed E-state index contributed by atoms with van der Waals surface area (Å²) in [6.07, 6.45) is 0. The van der Waals surface area contributed by atoms with Gasteiger partial charge >= 0.3 is 0 Å². The van der Waals surface area contributed by atoms with Crippen LogP contribution in [0, 0.1) is 0 Å². The quantitative estimate of drug-likeness (QED) is 0.722. The summed E-state index contributed by atoms with van der Waals surface area (Å²) in [5.74, 6) is 1.15. The summed E-state index contributed by atoms with van der Waals surface area (Å²) in [6.45, 7) is 5.14. The van der Waals surface area contributed by atoms with Crippen molar-refractivity contribution in [3.63, 3.8) is 0 Å². The largest absolute Gasteiger partial charge is 0.490 e. The minimum absolute atomic E-state index is 0.0146. The molecule has 0 aliphatic rings. The zero-order chi connectivity index (χ0) is 15.0. The second-order valence-electron chi connectivity index (χ2n) is 4.05. The van der Waals surface area contributed by atoms with E-state index in [-0.39, 0.29) is 5.75 Å². The van der Waals surface area contributed by atoms with Crippen molar-refractivity contribution in [3.8, 4) is 11.5 Å². The molecule has 1 aromatic rings. The van der Waals surface area contributed by atoms with Crippen LogP contribution in [0.5, 0.6) is 11.5 Å². The summed E-state index contributed by atoms with van der Waals surface area (Å²) >= 11 is 0. The maximum atomic E-state index is 11.8. The Hall–Kier alpha value is -1.47. The molecule has 0 aliphatic carbocycles. The first-order chi connectivity index (χ1) is 9.52. The standard InChI is InChI=1S/C13H22N2O4S/c1-4-18-12-7-6-11(10-13(12)19-5-2)15-20(16,17)9-8-14-3/h6-7,10,14-15H,4-5,8-9H2,1-3H3. The van der Waals surface area contributed by atoms with Crippen LogP contribution in [0.3, 0.4) is 0 Å². The third-order valence-electron chi connectivity index (χ3n) is 2.44. The molecule has 0 heterocycles. The van der Waals surface area contributed by atoms with E-state index >= 15 is 0 Å². The minimum atomic E-state index is -3.36. The van der Waals surface area contributed by atoms with Crippen LogP contribution in [0.2, 0.25) is 0 Å². The number of benzene rings is 1. The SMILES string of the molecule is CCOc1ccc(NS(=O)(=O)CCNC)cc1OCC. The molecule has 1 aromatic carbocycles. The summed E-state index contributed by atoms with van der Waals surface area (Å²) in [5.41, 5.74) is 0.466. The smallest absolute Gasteiger partial charge is 0.233 e. The molecule has 0 atom stereocenters. The maximum absolute atomic E-state index is 11.8. The van der Waals surface area contributed by atoms with E-state index in [1.807, 2.05) is 13.8 Å². The van der Waals surface area contributed by atoms with Gasteiger partial charge < -0.3 is 14.8 Å². The molecule has 1 rings (SSSR count). The topological polar surface area (TPSA) is 76.7 Å². The van der Waals surface area contributed by atoms with Gasteiger partial charge in [-0.05, 0) is 33.0 Å². The highest BCUT2D eigenvalue weighted by molar-refractivity contribution is 7.92. The number of anilines is 1. The fraction of sp³-hybridized carbons (Fsp3) is 0.538. The van der Waals surface area contributed by atoms with Crippen LogP contribution in [0.4, 0.5) is 5.69 Å². The third-order valence-corrected chi connectivity index (χ3v) is 3.73. The normalized spacial score (nSPS) is 11.2. The number of hydrogen-bond donors (Lipinski definition) is 2. The Labute approximate surface area is 120 Å². The number of nitrogens with one attached hydrogen (secondary N) is 2. The first-order valence-electron chi connectivity index (χ1n) is 6.57. The predicted octanol–water partition coefficient (Wildman–Crippen LogP) is 1.45. The average Bonchev–Trinajstić information content (AvgIpc) is 2.40. The molecule has 0 fully saturated rings. The molecular formula is C13H22N2O4S. The van der Waals surface area contributed by atoms with Crippen molar-refractivity contribution in [1.29, 1.82) is 0 Å². The molecule has 0 amide bonds. The van der Waals surface area contributed by atoms with Crippen molar-refractivity contribution in [2.75, 3.05) is 37.3 Å². The zero-order valence-corrected chi connectivity index (χ0v) is 12.9. The van der Waals surface area contributed by atoms with Gasteiger partial charge in [0.05, 0.1) is 24.7 Å². The number of sulfonamides is 1. The van der Waals surface area contributed by atoms with Gasteiger partial charge in [0.1, 0.15) is 0 Å². The number of rotatable bonds is 9. The predicted molar refractivity (Wildman–Crippen MR) is 80.1 cm³/mol. The van der Waals surface area contributed by atoms with Gasteiger partial charge in [0, 0.05) is 12.6 Å². The van der Waals surface area contributed by atoms with Crippen molar-refractivity contribution >= 4 is 15.7 Å². The number of hydrogen-bond acceptors (Lipinski definition) is 5. The van der Waals surface area contributed by atoms with Crippen LogP contribution < -0.4 is 19.5 Å². The summed E-state index contributed by atoms with van der Waals surface area (Å²) in [6, 6.07) is 4.99. The van der Waals surface area contributed by atoms with E-state index in [2.05, 4.69) is 10.0 Å². The van der Waals surface area contributed by atoms with E-state index in [0.717, 1.165) is 0 Å². The zero-order valence-electron chi connectivity index (χ0n) is 12.1. The molecule has 0 aliphatic heterocycles. The molecular weight excluding hydrogens is 280 g/mol. The summed E-state index contributed by atoms with van der Waals surface area (Å²) < 4.78 is 37.0. The Balaban J connectivity index is 2.88. The lowest BCUT2D eigenvalue weighted by molar-refractivity contribution is 0.288. The molecule has 2 N–H and O–H groups in total. The van der Waals surface area contributed by atoms with Crippen LogP contribution >= 0.6 is 0 Å². The van der Waals surface area contributed by atoms with Crippen molar-refractivity contribution in [3.05, 3.63) is 18.2 Å². The summed E-state index contributed by atoms with van der Waals surface area (Å²) in [5, 5.41) is 2.80. The van der Waals surface area contributed by atoms with E-state index in [4.69, 9.17) is 9.47 Å². The van der Waals surface area contributed by atoms with E-state index < -0.39 is 10.0 Å². The molecule has 0 aromatic heterocycles. The van der Waals surface area contributed by atoms with Gasteiger partial charge in [-0.15, -0.1) is 0 Å². The molecule has 0 spiro atoms. The lowest BCUT2D eigenvalue weighted by Gasteiger charge is -2.13. The monoisotopic (exact) mass is 302 g/mol. The van der Waals surface area contributed by atoms with Gasteiger partial charge in [-0.1, -0.05) is 0 Å². The first kappa shape index (κ1) is 16.6. The second kappa shape index (κ2) is 7.96. The van der Waals surface area contributed by atoms with Crippen LogP contribution in [-0.4, -0.2) is 41.0 Å². The molecule has 0 saturated carbocycles. The van der Waals surface area contributed by atoms with Gasteiger partial charge in [0.15, 0.2) is 11.5 Å². The number of ether oxygens (including phenoxy) is 2. The van der Waals surface area contributed by atoms with E-state index in [1.54, 1.807) is 25.2 Å². The molecule has 6 nitrogen and oxygen atoms in total. The minimum Gasteiger partial charge on any atom is -0.490 e. The summed E-state index contributed by atoms with van der Waals surface area (Å²) in [4.78, 5) is 0. The molecule has 0 saturated heterocycles. The fourth-order valence-corrected chi connectivity index (χ4v) is 2.64. The molecule has 0 unspecified atom stereocenters. The van der Waals surface area contributed by atoms with Crippen molar-refractivity contribution in [2.24, 2.45) is 0 Å². The highest BCUT2D eigenvalue weighted by Crippen LogP contribution is 2.30. The Bertz CT molecular complexity index is 517.